The molecule has 8 nitrogen and oxygen atoms in total. The van der Waals surface area contributed by atoms with Crippen molar-refractivity contribution in [1.29, 1.82) is 0 Å². The number of amides is 2. The molecule has 2 heterocycles. The molecule has 3 rings (SSSR count). The minimum absolute atomic E-state index is 0.00373. The third kappa shape index (κ3) is 3.91. The Hall–Kier alpha value is -2.42. The fourth-order valence-corrected chi connectivity index (χ4v) is 4.38. The third-order valence-corrected chi connectivity index (χ3v) is 5.70. The highest BCUT2D eigenvalue weighted by Crippen LogP contribution is 2.16. The summed E-state index contributed by atoms with van der Waals surface area (Å²) in [5.41, 5.74) is 1.39. The number of carbonyl (C=O) groups excluding carboxylic acids is 1. The topological polar surface area (TPSA) is 97.2 Å². The van der Waals surface area contributed by atoms with Crippen molar-refractivity contribution in [2.75, 3.05) is 29.9 Å². The zero-order chi connectivity index (χ0) is 17.2. The number of aromatic nitrogens is 3. The van der Waals surface area contributed by atoms with E-state index in [1.54, 1.807) is 34.1 Å². The monoisotopic (exact) mass is 349 g/mol. The Kier molecular flexibility index (Phi) is 4.52. The van der Waals surface area contributed by atoms with Crippen LogP contribution in [0.5, 0.6) is 0 Å². The maximum atomic E-state index is 12.5. The number of hydrogen-bond acceptors (Lipinski definition) is 5. The molecule has 2 amide bonds. The second kappa shape index (κ2) is 6.60. The molecule has 24 heavy (non-hydrogen) atoms. The Morgan fingerprint density at radius 2 is 2.21 bits per heavy atom. The van der Waals surface area contributed by atoms with Crippen LogP contribution in [0.4, 0.5) is 10.5 Å². The Morgan fingerprint density at radius 3 is 2.96 bits per heavy atom. The number of nitrogens with one attached hydrogen (secondary N) is 1. The third-order valence-electron chi connectivity index (χ3n) is 3.81. The van der Waals surface area contributed by atoms with Gasteiger partial charge in [-0.2, -0.15) is 0 Å². The standard InChI is InChI=1S/C15H19N5O3S/c1-12-10-19(7-8-24(22,23)11-12)15(21)17-13-3-2-4-14(9-13)20-6-5-16-18-20/h2-6,9,12H,7-8,10-11H2,1H3,(H,17,21)/t12-/m0/s1. The zero-order valence-corrected chi connectivity index (χ0v) is 14.1. The van der Waals surface area contributed by atoms with Crippen LogP contribution in [0.2, 0.25) is 0 Å². The van der Waals surface area contributed by atoms with Gasteiger partial charge in [0.25, 0.3) is 0 Å². The average molecular weight is 349 g/mol. The zero-order valence-electron chi connectivity index (χ0n) is 13.3. The van der Waals surface area contributed by atoms with Gasteiger partial charge < -0.3 is 10.2 Å². The smallest absolute Gasteiger partial charge is 0.321 e. The van der Waals surface area contributed by atoms with Crippen molar-refractivity contribution in [3.63, 3.8) is 0 Å². The van der Waals surface area contributed by atoms with E-state index in [9.17, 15) is 13.2 Å². The number of urea groups is 1. The molecule has 9 heteroatoms. The summed E-state index contributed by atoms with van der Waals surface area (Å²) in [6, 6.07) is 6.92. The van der Waals surface area contributed by atoms with Crippen LogP contribution in [0.3, 0.4) is 0 Å². The van der Waals surface area contributed by atoms with Crippen molar-refractivity contribution in [3.8, 4) is 5.69 Å². The Labute approximate surface area is 140 Å². The highest BCUT2D eigenvalue weighted by Gasteiger charge is 2.26. The molecule has 0 bridgehead atoms. The van der Waals surface area contributed by atoms with Crippen molar-refractivity contribution in [2.45, 2.75) is 6.92 Å². The lowest BCUT2D eigenvalue weighted by Crippen LogP contribution is -2.38. The second-order valence-electron chi connectivity index (χ2n) is 5.99. The lowest BCUT2D eigenvalue weighted by molar-refractivity contribution is 0.210. The molecule has 1 aliphatic rings. The molecule has 1 fully saturated rings. The van der Waals surface area contributed by atoms with Gasteiger partial charge in [-0.3, -0.25) is 0 Å². The SMILES string of the molecule is C[C@H]1CN(C(=O)Nc2cccc(-n3ccnn3)c2)CCS(=O)(=O)C1. The van der Waals surface area contributed by atoms with E-state index in [4.69, 9.17) is 0 Å². The summed E-state index contributed by atoms with van der Waals surface area (Å²) in [4.78, 5) is 14.0. The molecule has 1 atom stereocenters. The van der Waals surface area contributed by atoms with Gasteiger partial charge >= 0.3 is 6.03 Å². The van der Waals surface area contributed by atoms with Crippen molar-refractivity contribution in [2.24, 2.45) is 5.92 Å². The fraction of sp³-hybridized carbons (Fsp3) is 0.400. The molecule has 2 aromatic rings. The summed E-state index contributed by atoms with van der Waals surface area (Å²) < 4.78 is 25.2. The molecule has 1 aromatic heterocycles. The number of sulfone groups is 1. The van der Waals surface area contributed by atoms with Gasteiger partial charge in [0.05, 0.1) is 29.6 Å². The predicted octanol–water partition coefficient (Wildman–Crippen LogP) is 1.17. The molecular formula is C15H19N5O3S. The van der Waals surface area contributed by atoms with E-state index in [1.165, 1.54) is 0 Å². The molecule has 0 spiro atoms. The Balaban J connectivity index is 1.72. The van der Waals surface area contributed by atoms with Crippen molar-refractivity contribution in [3.05, 3.63) is 36.7 Å². The molecule has 1 aromatic carbocycles. The minimum atomic E-state index is -3.08. The highest BCUT2D eigenvalue weighted by molar-refractivity contribution is 7.91. The van der Waals surface area contributed by atoms with Gasteiger partial charge in [-0.1, -0.05) is 18.2 Å². The van der Waals surface area contributed by atoms with Gasteiger partial charge in [0, 0.05) is 18.8 Å². The van der Waals surface area contributed by atoms with E-state index < -0.39 is 9.84 Å². The summed E-state index contributed by atoms with van der Waals surface area (Å²) in [5.74, 6) is 0.0484. The van der Waals surface area contributed by atoms with Crippen LogP contribution in [-0.2, 0) is 9.84 Å². The van der Waals surface area contributed by atoms with Gasteiger partial charge in [-0.25, -0.2) is 17.9 Å². The van der Waals surface area contributed by atoms with Gasteiger partial charge in [0.1, 0.15) is 0 Å². The normalized spacial score (nSPS) is 20.4. The number of carbonyl (C=O) groups is 1. The molecule has 0 aliphatic carbocycles. The van der Waals surface area contributed by atoms with Gasteiger partial charge in [0.2, 0.25) is 0 Å². The molecular weight excluding hydrogens is 330 g/mol. The van der Waals surface area contributed by atoms with Crippen LogP contribution < -0.4 is 5.32 Å². The number of anilines is 1. The summed E-state index contributed by atoms with van der Waals surface area (Å²) >= 11 is 0. The molecule has 0 unspecified atom stereocenters. The summed E-state index contributed by atoms with van der Waals surface area (Å²) in [5, 5.41) is 10.5. The van der Waals surface area contributed by atoms with Crippen LogP contribution in [0.1, 0.15) is 6.92 Å². The van der Waals surface area contributed by atoms with Crippen LogP contribution in [0.25, 0.3) is 5.69 Å². The predicted molar refractivity (Wildman–Crippen MR) is 89.8 cm³/mol. The number of benzene rings is 1. The first-order valence-electron chi connectivity index (χ1n) is 7.66. The van der Waals surface area contributed by atoms with Crippen LogP contribution in [0.15, 0.2) is 36.7 Å². The molecule has 0 radical (unpaired) electrons. The number of rotatable bonds is 2. The van der Waals surface area contributed by atoms with Gasteiger partial charge in [-0.05, 0) is 24.1 Å². The minimum Gasteiger partial charge on any atom is -0.323 e. The van der Waals surface area contributed by atoms with E-state index in [2.05, 4.69) is 15.6 Å². The number of hydrogen-bond donors (Lipinski definition) is 1. The lowest BCUT2D eigenvalue weighted by Gasteiger charge is -2.22. The van der Waals surface area contributed by atoms with Crippen molar-refractivity contribution in [1.82, 2.24) is 19.9 Å². The highest BCUT2D eigenvalue weighted by atomic mass is 32.2. The van der Waals surface area contributed by atoms with Gasteiger partial charge in [-0.15, -0.1) is 5.10 Å². The van der Waals surface area contributed by atoms with E-state index in [0.29, 0.717) is 12.2 Å². The van der Waals surface area contributed by atoms with Crippen molar-refractivity contribution < 1.29 is 13.2 Å². The van der Waals surface area contributed by atoms with E-state index in [0.717, 1.165) is 5.69 Å². The van der Waals surface area contributed by atoms with Crippen molar-refractivity contribution >= 4 is 21.6 Å². The molecule has 1 saturated heterocycles. The molecule has 0 saturated carbocycles. The lowest BCUT2D eigenvalue weighted by atomic mass is 10.2. The summed E-state index contributed by atoms with van der Waals surface area (Å²) in [6.07, 6.45) is 3.28. The first-order chi connectivity index (χ1) is 11.4. The maximum Gasteiger partial charge on any atom is 0.321 e. The fourth-order valence-electron chi connectivity index (χ4n) is 2.75. The summed E-state index contributed by atoms with van der Waals surface area (Å²) in [6.45, 7) is 2.48. The van der Waals surface area contributed by atoms with E-state index >= 15 is 0 Å². The van der Waals surface area contributed by atoms with Crippen LogP contribution >= 0.6 is 0 Å². The summed E-state index contributed by atoms with van der Waals surface area (Å²) in [7, 11) is -3.08. The van der Waals surface area contributed by atoms with Gasteiger partial charge in [0.15, 0.2) is 9.84 Å². The molecule has 1 N–H and O–H groups in total. The molecule has 1 aliphatic heterocycles. The quantitative estimate of drug-likeness (QED) is 0.878. The first kappa shape index (κ1) is 16.4. The number of nitrogens with zero attached hydrogens (tertiary/aromatic N) is 4. The molecule has 128 valence electrons. The van der Waals surface area contributed by atoms with E-state index in [-0.39, 0.29) is 30.0 Å². The largest absolute Gasteiger partial charge is 0.323 e. The Bertz CT molecular complexity index is 819. The maximum absolute atomic E-state index is 12.5. The van der Waals surface area contributed by atoms with Crippen LogP contribution in [0, 0.1) is 5.92 Å². The van der Waals surface area contributed by atoms with E-state index in [1.807, 2.05) is 19.1 Å². The average Bonchev–Trinajstić information content (AvgIpc) is 3.01. The second-order valence-corrected chi connectivity index (χ2v) is 8.22. The van der Waals surface area contributed by atoms with Crippen LogP contribution in [-0.4, -0.2) is 58.9 Å². The first-order valence-corrected chi connectivity index (χ1v) is 9.48. The Morgan fingerprint density at radius 1 is 1.38 bits per heavy atom.